The summed E-state index contributed by atoms with van der Waals surface area (Å²) < 4.78 is 50.0. The summed E-state index contributed by atoms with van der Waals surface area (Å²) in [5, 5.41) is 11.6. The van der Waals surface area contributed by atoms with E-state index in [1.165, 1.54) is 37.5 Å². The number of furan rings is 1. The highest BCUT2D eigenvalue weighted by molar-refractivity contribution is 6.01. The van der Waals surface area contributed by atoms with Crippen molar-refractivity contribution < 1.29 is 42.2 Å². The molecule has 3 saturated carbocycles. The molecule has 0 bridgehead atoms. The van der Waals surface area contributed by atoms with Crippen LogP contribution < -0.4 is 0 Å². The fraction of sp³-hybridized carbons (Fsp3) is 0.621. The lowest BCUT2D eigenvalue weighted by Crippen LogP contribution is -2.71. The second-order valence-electron chi connectivity index (χ2n) is 12.1. The van der Waals surface area contributed by atoms with Crippen molar-refractivity contribution in [2.24, 2.45) is 28.6 Å². The average molecular weight is 533 g/mol. The Morgan fingerprint density at radius 2 is 1.92 bits per heavy atom. The van der Waals surface area contributed by atoms with Crippen molar-refractivity contribution in [3.63, 3.8) is 0 Å². The molecule has 5 rings (SSSR count). The number of ether oxygens (including phenoxy) is 2. The maximum atomic E-state index is 17.5. The van der Waals surface area contributed by atoms with Crippen LogP contribution in [0.4, 0.5) is 8.78 Å². The van der Waals surface area contributed by atoms with Crippen LogP contribution in [0.5, 0.6) is 0 Å². The minimum absolute atomic E-state index is 0.0205. The molecule has 1 heterocycles. The Bertz CT molecular complexity index is 1220. The SMILES string of the molecule is CC(C)OC(=O)[C@@]1(OC(=O)c2ccco2)[C@H](C)C[C@H]2[C@@H]3C[C@H](F)C4=CC(=O)C=C[C@]4(C)[C@@]3(F)[C@@H](O)C[C@@]21C. The Hall–Kier alpha value is -2.81. The van der Waals surface area contributed by atoms with Gasteiger partial charge in [0.2, 0.25) is 11.4 Å². The van der Waals surface area contributed by atoms with Gasteiger partial charge in [0, 0.05) is 22.7 Å². The molecule has 1 N–H and O–H groups in total. The summed E-state index contributed by atoms with van der Waals surface area (Å²) in [4.78, 5) is 39.1. The molecule has 9 atom stereocenters. The minimum atomic E-state index is -2.31. The van der Waals surface area contributed by atoms with Gasteiger partial charge in [-0.2, -0.15) is 0 Å². The van der Waals surface area contributed by atoms with E-state index in [4.69, 9.17) is 13.9 Å². The zero-order valence-electron chi connectivity index (χ0n) is 22.2. The summed E-state index contributed by atoms with van der Waals surface area (Å²) in [6, 6.07) is 2.92. The van der Waals surface area contributed by atoms with Gasteiger partial charge in [0.15, 0.2) is 11.5 Å². The van der Waals surface area contributed by atoms with Crippen LogP contribution in [0.25, 0.3) is 0 Å². The van der Waals surface area contributed by atoms with E-state index in [1.807, 2.05) is 0 Å². The van der Waals surface area contributed by atoms with Gasteiger partial charge in [-0.15, -0.1) is 0 Å². The molecule has 4 aliphatic rings. The first-order valence-corrected chi connectivity index (χ1v) is 13.2. The number of rotatable bonds is 4. The molecule has 0 radical (unpaired) electrons. The molecule has 0 spiro atoms. The lowest BCUT2D eigenvalue weighted by Gasteiger charge is -2.63. The van der Waals surface area contributed by atoms with E-state index in [0.717, 1.165) is 6.08 Å². The van der Waals surface area contributed by atoms with Crippen molar-refractivity contribution >= 4 is 17.7 Å². The molecular formula is C29H34F2O7. The first-order valence-electron chi connectivity index (χ1n) is 13.2. The second kappa shape index (κ2) is 8.60. The Morgan fingerprint density at radius 1 is 1.21 bits per heavy atom. The number of aliphatic hydroxyl groups excluding tert-OH is 1. The Labute approximate surface area is 220 Å². The zero-order chi connectivity index (χ0) is 27.8. The van der Waals surface area contributed by atoms with Crippen LogP contribution in [-0.2, 0) is 19.1 Å². The van der Waals surface area contributed by atoms with Gasteiger partial charge in [0.25, 0.3) is 0 Å². The van der Waals surface area contributed by atoms with Crippen LogP contribution in [-0.4, -0.2) is 52.5 Å². The molecule has 7 nitrogen and oxygen atoms in total. The van der Waals surface area contributed by atoms with E-state index in [-0.39, 0.29) is 30.6 Å². The first kappa shape index (κ1) is 26.8. The highest BCUT2D eigenvalue weighted by atomic mass is 19.1. The largest absolute Gasteiger partial charge is 0.460 e. The first-order chi connectivity index (χ1) is 17.7. The number of carbonyl (C=O) groups excluding carboxylic acids is 3. The van der Waals surface area contributed by atoms with E-state index < -0.39 is 76.0 Å². The van der Waals surface area contributed by atoms with Crippen LogP contribution in [0, 0.1) is 28.6 Å². The Morgan fingerprint density at radius 3 is 2.55 bits per heavy atom. The number of hydrogen-bond acceptors (Lipinski definition) is 7. The minimum Gasteiger partial charge on any atom is -0.460 e. The van der Waals surface area contributed by atoms with Crippen molar-refractivity contribution in [1.29, 1.82) is 0 Å². The topological polar surface area (TPSA) is 103 Å². The summed E-state index contributed by atoms with van der Waals surface area (Å²) in [5.41, 5.74) is -7.01. The Kier molecular flexibility index (Phi) is 6.06. The summed E-state index contributed by atoms with van der Waals surface area (Å²) in [6.07, 6.45) is 0.947. The van der Waals surface area contributed by atoms with Crippen LogP contribution in [0.15, 0.2) is 46.6 Å². The van der Waals surface area contributed by atoms with Crippen molar-refractivity contribution in [1.82, 2.24) is 0 Å². The van der Waals surface area contributed by atoms with Gasteiger partial charge in [0.05, 0.1) is 18.5 Å². The molecule has 0 aromatic carbocycles. The number of ketones is 1. The standard InChI is InChI=1S/C29H34F2O7/c1-15(2)37-25(35)29(38-24(34)22-7-6-10-36-22)16(3)11-18-19-13-21(30)20-12-17(32)8-9-26(20,4)28(19,31)23(33)14-27(18,29)5/h6-10,12,15-16,18-19,21,23,33H,11,13-14H2,1-5H3/t16-,18+,19+,21+,23+,26+,27+,28+,29+/m1/s1. The highest BCUT2D eigenvalue weighted by Gasteiger charge is 2.79. The van der Waals surface area contributed by atoms with Crippen molar-refractivity contribution in [2.45, 2.75) is 83.5 Å². The van der Waals surface area contributed by atoms with Crippen LogP contribution >= 0.6 is 0 Å². The predicted molar refractivity (Wildman–Crippen MR) is 131 cm³/mol. The molecule has 3 fully saturated rings. The van der Waals surface area contributed by atoms with Crippen LogP contribution in [0.2, 0.25) is 0 Å². The lowest BCUT2D eigenvalue weighted by atomic mass is 9.44. The third-order valence-electron chi connectivity index (χ3n) is 9.79. The Balaban J connectivity index is 1.64. The number of halogens is 2. The number of carbonyl (C=O) groups is 3. The van der Waals surface area contributed by atoms with Crippen molar-refractivity contribution in [3.05, 3.63) is 48.0 Å². The van der Waals surface area contributed by atoms with Gasteiger partial charge >= 0.3 is 11.9 Å². The monoisotopic (exact) mass is 532 g/mol. The molecule has 1 aromatic rings. The molecule has 0 amide bonds. The van der Waals surface area contributed by atoms with Crippen molar-refractivity contribution in [2.75, 3.05) is 0 Å². The molecule has 9 heteroatoms. The van der Waals surface area contributed by atoms with Gasteiger partial charge in [-0.25, -0.2) is 18.4 Å². The van der Waals surface area contributed by atoms with E-state index in [0.29, 0.717) is 0 Å². The van der Waals surface area contributed by atoms with Gasteiger partial charge in [-0.3, -0.25) is 4.79 Å². The molecule has 0 aliphatic heterocycles. The number of aliphatic hydroxyl groups is 1. The average Bonchev–Trinajstić information content (AvgIpc) is 3.44. The zero-order valence-corrected chi connectivity index (χ0v) is 22.2. The van der Waals surface area contributed by atoms with Crippen LogP contribution in [0.1, 0.15) is 64.4 Å². The lowest BCUT2D eigenvalue weighted by molar-refractivity contribution is -0.232. The molecule has 0 saturated heterocycles. The van der Waals surface area contributed by atoms with Crippen molar-refractivity contribution in [3.8, 4) is 0 Å². The summed E-state index contributed by atoms with van der Waals surface area (Å²) in [7, 11) is 0. The van der Waals surface area contributed by atoms with Gasteiger partial charge < -0.3 is 19.0 Å². The molecule has 4 aliphatic carbocycles. The normalized spacial score (nSPS) is 43.7. The summed E-state index contributed by atoms with van der Waals surface area (Å²) >= 11 is 0. The highest BCUT2D eigenvalue weighted by Crippen LogP contribution is 2.71. The number of alkyl halides is 2. The third-order valence-corrected chi connectivity index (χ3v) is 9.79. The third kappa shape index (κ3) is 3.29. The molecular weight excluding hydrogens is 498 g/mol. The van der Waals surface area contributed by atoms with Gasteiger partial charge in [-0.1, -0.05) is 19.9 Å². The smallest absolute Gasteiger partial charge is 0.375 e. The molecule has 38 heavy (non-hydrogen) atoms. The predicted octanol–water partition coefficient (Wildman–Crippen LogP) is 4.69. The maximum absolute atomic E-state index is 17.5. The molecule has 1 aromatic heterocycles. The summed E-state index contributed by atoms with van der Waals surface area (Å²) in [5.74, 6) is -4.50. The van der Waals surface area contributed by atoms with E-state index in [9.17, 15) is 19.5 Å². The maximum Gasteiger partial charge on any atom is 0.375 e. The van der Waals surface area contributed by atoms with E-state index in [1.54, 1.807) is 27.7 Å². The number of esters is 2. The van der Waals surface area contributed by atoms with E-state index >= 15 is 8.78 Å². The number of hydrogen-bond donors (Lipinski definition) is 1. The summed E-state index contributed by atoms with van der Waals surface area (Å²) in [6.45, 7) is 8.28. The fourth-order valence-corrected chi connectivity index (χ4v) is 8.11. The second-order valence-corrected chi connectivity index (χ2v) is 12.1. The fourth-order valence-electron chi connectivity index (χ4n) is 8.11. The van der Waals surface area contributed by atoms with Crippen LogP contribution in [0.3, 0.4) is 0 Å². The number of fused-ring (bicyclic) bond motifs is 5. The molecule has 206 valence electrons. The van der Waals surface area contributed by atoms with E-state index in [2.05, 4.69) is 0 Å². The molecule has 0 unspecified atom stereocenters. The quantitative estimate of drug-likeness (QED) is 0.561. The number of allylic oxidation sites excluding steroid dienone is 4. The van der Waals surface area contributed by atoms with Gasteiger partial charge in [0.1, 0.15) is 6.17 Å². The van der Waals surface area contributed by atoms with Gasteiger partial charge in [-0.05, 0) is 75.8 Å².